The molecule has 0 bridgehead atoms. The minimum atomic E-state index is -2.43. The van der Waals surface area contributed by atoms with Crippen molar-refractivity contribution >= 4 is 6.83 Å². The Labute approximate surface area is 69.6 Å². The van der Waals surface area contributed by atoms with Gasteiger partial charge in [-0.1, -0.05) is 0 Å². The third-order valence-electron chi connectivity index (χ3n) is 3.11. The predicted octanol–water partition coefficient (Wildman–Crippen LogP) is 1.50. The Balaban J connectivity index is 4.44. The molecule has 0 saturated heterocycles. The molecule has 0 spiro atoms. The first-order chi connectivity index (χ1) is 5.04. The fraction of sp³-hybridized carbons (Fsp3) is 1.00. The van der Waals surface area contributed by atoms with Crippen LogP contribution in [0.1, 0.15) is 20.8 Å². The van der Waals surface area contributed by atoms with Crippen molar-refractivity contribution in [2.24, 2.45) is 0 Å². The summed E-state index contributed by atoms with van der Waals surface area (Å²) in [6.45, 7) is 3.78. The summed E-state index contributed by atoms with van der Waals surface area (Å²) in [4.78, 5) is 10.4. The number of aliphatic hydroxyl groups excluding tert-OH is 1. The van der Waals surface area contributed by atoms with Gasteiger partial charge in [-0.05, 0) is 0 Å². The molecule has 0 saturated carbocycles. The standard InChI is InChI=1S/C8H21O2P/c1-4-11(10,5-2,6-3)8-7-9/h9-10H,4-8H2,1-3H3. The summed E-state index contributed by atoms with van der Waals surface area (Å²) in [6, 6.07) is 0. The van der Waals surface area contributed by atoms with Gasteiger partial charge in [0, 0.05) is 0 Å². The molecule has 0 radical (unpaired) electrons. The van der Waals surface area contributed by atoms with Gasteiger partial charge >= 0.3 is 68.9 Å². The van der Waals surface area contributed by atoms with Crippen LogP contribution < -0.4 is 0 Å². The van der Waals surface area contributed by atoms with Crippen molar-refractivity contribution in [1.82, 2.24) is 0 Å². The summed E-state index contributed by atoms with van der Waals surface area (Å²) in [6.07, 6.45) is 3.16. The monoisotopic (exact) mass is 180 g/mol. The van der Waals surface area contributed by atoms with Gasteiger partial charge in [-0.15, -0.1) is 0 Å². The molecule has 0 fully saturated rings. The molecule has 0 rings (SSSR count). The number of aliphatic hydroxyl groups is 1. The molecule has 0 aromatic rings. The molecular formula is C8H21O2P. The maximum absolute atomic E-state index is 10.4. The maximum atomic E-state index is 10.4. The van der Waals surface area contributed by atoms with Gasteiger partial charge in [-0.25, -0.2) is 0 Å². The van der Waals surface area contributed by atoms with E-state index in [0.717, 1.165) is 18.5 Å². The topological polar surface area (TPSA) is 40.5 Å². The molecule has 3 heteroatoms. The molecule has 0 aliphatic rings. The Morgan fingerprint density at radius 2 is 1.36 bits per heavy atom. The van der Waals surface area contributed by atoms with Crippen LogP contribution >= 0.6 is 6.83 Å². The van der Waals surface area contributed by atoms with Crippen molar-refractivity contribution in [3.8, 4) is 0 Å². The van der Waals surface area contributed by atoms with Crippen molar-refractivity contribution in [1.29, 1.82) is 0 Å². The van der Waals surface area contributed by atoms with Crippen LogP contribution in [0.5, 0.6) is 0 Å². The number of hydrogen-bond acceptors (Lipinski definition) is 2. The van der Waals surface area contributed by atoms with E-state index in [-0.39, 0.29) is 6.61 Å². The van der Waals surface area contributed by atoms with Crippen molar-refractivity contribution in [2.45, 2.75) is 20.8 Å². The van der Waals surface area contributed by atoms with Crippen LogP contribution in [0, 0.1) is 0 Å². The van der Waals surface area contributed by atoms with Crippen LogP contribution in [-0.2, 0) is 0 Å². The number of hydrogen-bond donors (Lipinski definition) is 2. The van der Waals surface area contributed by atoms with Crippen LogP contribution in [0.15, 0.2) is 0 Å². The van der Waals surface area contributed by atoms with Gasteiger partial charge in [-0.3, -0.25) is 0 Å². The van der Waals surface area contributed by atoms with E-state index >= 15 is 0 Å². The summed E-state index contributed by atoms with van der Waals surface area (Å²) in [5.74, 6) is 0. The molecule has 0 aliphatic carbocycles. The first-order valence-corrected chi connectivity index (χ1v) is 7.33. The first-order valence-electron chi connectivity index (χ1n) is 4.40. The molecule has 11 heavy (non-hydrogen) atoms. The van der Waals surface area contributed by atoms with Crippen molar-refractivity contribution in [3.63, 3.8) is 0 Å². The van der Waals surface area contributed by atoms with Crippen LogP contribution in [0.2, 0.25) is 0 Å². The zero-order valence-corrected chi connectivity index (χ0v) is 8.77. The third kappa shape index (κ3) is 2.40. The summed E-state index contributed by atoms with van der Waals surface area (Å²) < 4.78 is 0. The summed E-state index contributed by atoms with van der Waals surface area (Å²) >= 11 is 0. The second-order valence-electron chi connectivity index (χ2n) is 3.30. The normalized spacial score (nSPS) is 15.9. The Bertz CT molecular complexity index is 110. The van der Waals surface area contributed by atoms with Crippen molar-refractivity contribution < 1.29 is 10.00 Å². The zero-order chi connectivity index (χ0) is 8.98. The van der Waals surface area contributed by atoms with Crippen LogP contribution in [0.3, 0.4) is 0 Å². The van der Waals surface area contributed by atoms with Crippen LogP contribution in [0.4, 0.5) is 0 Å². The molecule has 0 heterocycles. The molecule has 2 N–H and O–H groups in total. The zero-order valence-electron chi connectivity index (χ0n) is 7.88. The minimum absolute atomic E-state index is 0.129. The number of rotatable bonds is 5. The van der Waals surface area contributed by atoms with Gasteiger partial charge in [0.2, 0.25) is 0 Å². The van der Waals surface area contributed by atoms with Crippen LogP contribution in [-0.4, -0.2) is 41.3 Å². The molecule has 0 atom stereocenters. The fourth-order valence-corrected chi connectivity index (χ4v) is 4.21. The second-order valence-corrected chi connectivity index (χ2v) is 9.46. The van der Waals surface area contributed by atoms with E-state index in [2.05, 4.69) is 0 Å². The Hall–Kier alpha value is 0.350. The van der Waals surface area contributed by atoms with E-state index in [9.17, 15) is 4.89 Å². The third-order valence-corrected chi connectivity index (χ3v) is 9.33. The molecule has 0 unspecified atom stereocenters. The second kappa shape index (κ2) is 3.84. The van der Waals surface area contributed by atoms with Gasteiger partial charge in [0.25, 0.3) is 0 Å². The molecule has 0 aromatic heterocycles. The van der Waals surface area contributed by atoms with Gasteiger partial charge in [-0.2, -0.15) is 0 Å². The Morgan fingerprint density at radius 1 is 1.00 bits per heavy atom. The molecule has 2 nitrogen and oxygen atoms in total. The van der Waals surface area contributed by atoms with Crippen LogP contribution in [0.25, 0.3) is 0 Å². The predicted molar refractivity (Wildman–Crippen MR) is 52.7 cm³/mol. The molecule has 0 aromatic carbocycles. The van der Waals surface area contributed by atoms with Gasteiger partial charge < -0.3 is 0 Å². The molecule has 0 aliphatic heterocycles. The average molecular weight is 180 g/mol. The summed E-state index contributed by atoms with van der Waals surface area (Å²) in [7, 11) is 0. The van der Waals surface area contributed by atoms with Gasteiger partial charge in [0.1, 0.15) is 0 Å². The summed E-state index contributed by atoms with van der Waals surface area (Å²) in [5.41, 5.74) is 0. The van der Waals surface area contributed by atoms with E-state index in [0.29, 0.717) is 6.16 Å². The van der Waals surface area contributed by atoms with Gasteiger partial charge in [0.05, 0.1) is 0 Å². The van der Waals surface area contributed by atoms with Crippen molar-refractivity contribution in [3.05, 3.63) is 0 Å². The van der Waals surface area contributed by atoms with E-state index in [1.54, 1.807) is 0 Å². The van der Waals surface area contributed by atoms with E-state index in [4.69, 9.17) is 5.11 Å². The SMILES string of the molecule is CCP(O)(CC)(CC)CCO. The van der Waals surface area contributed by atoms with Gasteiger partial charge in [0.15, 0.2) is 0 Å². The molecule has 0 amide bonds. The first kappa shape index (κ1) is 11.4. The average Bonchev–Trinajstić information content (AvgIpc) is 2.06. The fourth-order valence-electron chi connectivity index (χ4n) is 1.40. The van der Waals surface area contributed by atoms with E-state index in [1.165, 1.54) is 0 Å². The Morgan fingerprint density at radius 3 is 1.45 bits per heavy atom. The molecule has 70 valence electrons. The van der Waals surface area contributed by atoms with E-state index in [1.807, 2.05) is 20.8 Å². The summed E-state index contributed by atoms with van der Waals surface area (Å²) in [5, 5.41) is 8.83. The van der Waals surface area contributed by atoms with Crippen molar-refractivity contribution in [2.75, 3.05) is 31.3 Å². The quantitative estimate of drug-likeness (QED) is 0.629. The Kier molecular flexibility index (Phi) is 3.96. The molecular weight excluding hydrogens is 159 g/mol. The van der Waals surface area contributed by atoms with E-state index < -0.39 is 6.83 Å².